The lowest BCUT2D eigenvalue weighted by atomic mass is 10.1. The highest BCUT2D eigenvalue weighted by molar-refractivity contribution is 7.88. The second-order valence-electron chi connectivity index (χ2n) is 3.53. The van der Waals surface area contributed by atoms with Crippen molar-refractivity contribution in [1.29, 1.82) is 0 Å². The van der Waals surface area contributed by atoms with Gasteiger partial charge in [-0.2, -0.15) is 0 Å². The molecule has 0 saturated heterocycles. The van der Waals surface area contributed by atoms with Crippen LogP contribution in [0.5, 0.6) is 0 Å². The standard InChI is InChI=1S/C11H17NO2S/c1-3-4-10-5-7-11(8-6-10)9-15(13,14)12-2/h5-8,12H,3-4,9H2,1-2H3. The van der Waals surface area contributed by atoms with Crippen molar-refractivity contribution in [1.82, 2.24) is 4.72 Å². The molecule has 0 atom stereocenters. The fraction of sp³-hybridized carbons (Fsp3) is 0.455. The highest BCUT2D eigenvalue weighted by Gasteiger charge is 2.07. The van der Waals surface area contributed by atoms with E-state index in [1.807, 2.05) is 24.3 Å². The molecule has 0 spiro atoms. The molecule has 0 aliphatic rings. The quantitative estimate of drug-likeness (QED) is 0.832. The minimum Gasteiger partial charge on any atom is -0.218 e. The Labute approximate surface area is 91.6 Å². The Kier molecular flexibility index (Phi) is 4.29. The van der Waals surface area contributed by atoms with Gasteiger partial charge in [0.05, 0.1) is 5.75 Å². The van der Waals surface area contributed by atoms with E-state index in [9.17, 15) is 8.42 Å². The average Bonchev–Trinajstić information content (AvgIpc) is 2.21. The van der Waals surface area contributed by atoms with Gasteiger partial charge in [0.15, 0.2) is 0 Å². The third kappa shape index (κ3) is 4.01. The maximum atomic E-state index is 11.3. The summed E-state index contributed by atoms with van der Waals surface area (Å²) in [4.78, 5) is 0. The van der Waals surface area contributed by atoms with E-state index in [1.54, 1.807) is 0 Å². The Morgan fingerprint density at radius 2 is 1.67 bits per heavy atom. The van der Waals surface area contributed by atoms with Gasteiger partial charge in [-0.05, 0) is 24.6 Å². The van der Waals surface area contributed by atoms with Crippen LogP contribution in [0, 0.1) is 0 Å². The molecule has 0 unspecified atom stereocenters. The molecule has 1 rings (SSSR count). The van der Waals surface area contributed by atoms with Crippen LogP contribution >= 0.6 is 0 Å². The first kappa shape index (κ1) is 12.2. The first-order valence-corrected chi connectivity index (χ1v) is 6.71. The van der Waals surface area contributed by atoms with Crippen molar-refractivity contribution in [3.05, 3.63) is 35.4 Å². The lowest BCUT2D eigenvalue weighted by Gasteiger charge is -2.04. The monoisotopic (exact) mass is 227 g/mol. The molecule has 0 aromatic heterocycles. The van der Waals surface area contributed by atoms with Gasteiger partial charge in [-0.1, -0.05) is 37.6 Å². The van der Waals surface area contributed by atoms with Gasteiger partial charge < -0.3 is 0 Å². The molecule has 84 valence electrons. The van der Waals surface area contributed by atoms with Gasteiger partial charge in [0.25, 0.3) is 0 Å². The van der Waals surface area contributed by atoms with Gasteiger partial charge in [-0.25, -0.2) is 13.1 Å². The van der Waals surface area contributed by atoms with Crippen molar-refractivity contribution in [3.63, 3.8) is 0 Å². The highest BCUT2D eigenvalue weighted by Crippen LogP contribution is 2.09. The van der Waals surface area contributed by atoms with Crippen molar-refractivity contribution in [3.8, 4) is 0 Å². The SMILES string of the molecule is CCCc1ccc(CS(=O)(=O)NC)cc1. The summed E-state index contributed by atoms with van der Waals surface area (Å²) in [6.07, 6.45) is 2.15. The molecule has 1 aromatic carbocycles. The van der Waals surface area contributed by atoms with Gasteiger partial charge in [0, 0.05) is 0 Å². The van der Waals surface area contributed by atoms with Gasteiger partial charge in [0.2, 0.25) is 10.0 Å². The Morgan fingerprint density at radius 3 is 2.13 bits per heavy atom. The summed E-state index contributed by atoms with van der Waals surface area (Å²) in [5.41, 5.74) is 2.08. The number of sulfonamides is 1. The minimum atomic E-state index is -3.15. The van der Waals surface area contributed by atoms with Gasteiger partial charge >= 0.3 is 0 Å². The third-order valence-corrected chi connectivity index (χ3v) is 3.56. The normalized spacial score (nSPS) is 11.6. The van der Waals surface area contributed by atoms with Crippen LogP contribution in [-0.2, 0) is 22.2 Å². The van der Waals surface area contributed by atoms with Crippen LogP contribution in [0.1, 0.15) is 24.5 Å². The van der Waals surface area contributed by atoms with E-state index >= 15 is 0 Å². The molecule has 4 heteroatoms. The Morgan fingerprint density at radius 1 is 1.13 bits per heavy atom. The van der Waals surface area contributed by atoms with Gasteiger partial charge in [-0.3, -0.25) is 0 Å². The molecule has 1 aromatic rings. The molecule has 0 heterocycles. The second kappa shape index (κ2) is 5.28. The number of rotatable bonds is 5. The van der Waals surface area contributed by atoms with E-state index in [4.69, 9.17) is 0 Å². The highest BCUT2D eigenvalue weighted by atomic mass is 32.2. The molecule has 0 radical (unpaired) electrons. The lowest BCUT2D eigenvalue weighted by Crippen LogP contribution is -2.20. The number of hydrogen-bond acceptors (Lipinski definition) is 2. The van der Waals surface area contributed by atoms with Crippen LogP contribution in [0.2, 0.25) is 0 Å². The molecular weight excluding hydrogens is 210 g/mol. The van der Waals surface area contributed by atoms with Crippen LogP contribution in [0.25, 0.3) is 0 Å². The number of hydrogen-bond donors (Lipinski definition) is 1. The summed E-state index contributed by atoms with van der Waals surface area (Å²) in [5.74, 6) is 0.0515. The molecule has 0 fully saturated rings. The molecule has 3 nitrogen and oxygen atoms in total. The topological polar surface area (TPSA) is 46.2 Å². The largest absolute Gasteiger partial charge is 0.218 e. The van der Waals surface area contributed by atoms with Gasteiger partial charge in [-0.15, -0.1) is 0 Å². The predicted octanol–water partition coefficient (Wildman–Crippen LogP) is 1.69. The van der Waals surface area contributed by atoms with Crippen LogP contribution in [0.4, 0.5) is 0 Å². The Bertz CT molecular complexity index is 395. The number of benzene rings is 1. The molecule has 1 N–H and O–H groups in total. The summed E-state index contributed by atoms with van der Waals surface area (Å²) in [7, 11) is -1.72. The van der Waals surface area contributed by atoms with E-state index in [0.29, 0.717) is 0 Å². The smallest absolute Gasteiger partial charge is 0.215 e. The number of aryl methyl sites for hydroxylation is 1. The molecule has 0 amide bonds. The summed E-state index contributed by atoms with van der Waals surface area (Å²) >= 11 is 0. The van der Waals surface area contributed by atoms with E-state index in [2.05, 4.69) is 11.6 Å². The lowest BCUT2D eigenvalue weighted by molar-refractivity contribution is 0.587. The molecule has 0 aliphatic carbocycles. The molecule has 0 bridgehead atoms. The fourth-order valence-electron chi connectivity index (χ4n) is 1.38. The van der Waals surface area contributed by atoms with Gasteiger partial charge in [0.1, 0.15) is 0 Å². The van der Waals surface area contributed by atoms with Crippen molar-refractivity contribution in [2.75, 3.05) is 7.05 Å². The zero-order valence-corrected chi connectivity index (χ0v) is 9.97. The Balaban J connectivity index is 2.73. The van der Waals surface area contributed by atoms with Crippen LogP contribution in [0.3, 0.4) is 0 Å². The van der Waals surface area contributed by atoms with Crippen molar-refractivity contribution in [2.45, 2.75) is 25.5 Å². The molecule has 0 saturated carbocycles. The third-order valence-electron chi connectivity index (χ3n) is 2.23. The summed E-state index contributed by atoms with van der Waals surface area (Å²) < 4.78 is 24.8. The van der Waals surface area contributed by atoms with E-state index in [1.165, 1.54) is 12.6 Å². The maximum absolute atomic E-state index is 11.3. The number of nitrogens with one attached hydrogen (secondary N) is 1. The first-order chi connectivity index (χ1) is 7.07. The molecule has 0 aliphatic heterocycles. The average molecular weight is 227 g/mol. The Hall–Kier alpha value is -0.870. The zero-order valence-electron chi connectivity index (χ0n) is 9.16. The fourth-order valence-corrected chi connectivity index (χ4v) is 2.16. The van der Waals surface area contributed by atoms with E-state index in [0.717, 1.165) is 18.4 Å². The predicted molar refractivity (Wildman–Crippen MR) is 62.1 cm³/mol. The first-order valence-electron chi connectivity index (χ1n) is 5.06. The van der Waals surface area contributed by atoms with Crippen molar-refractivity contribution in [2.24, 2.45) is 0 Å². The summed E-state index contributed by atoms with van der Waals surface area (Å²) in [6.45, 7) is 2.12. The van der Waals surface area contributed by atoms with Crippen LogP contribution in [0.15, 0.2) is 24.3 Å². The summed E-state index contributed by atoms with van der Waals surface area (Å²) in [5, 5.41) is 0. The summed E-state index contributed by atoms with van der Waals surface area (Å²) in [6, 6.07) is 7.73. The van der Waals surface area contributed by atoms with Crippen LogP contribution in [-0.4, -0.2) is 15.5 Å². The molecular formula is C11H17NO2S. The second-order valence-corrected chi connectivity index (χ2v) is 5.46. The van der Waals surface area contributed by atoms with E-state index < -0.39 is 10.0 Å². The van der Waals surface area contributed by atoms with E-state index in [-0.39, 0.29) is 5.75 Å². The maximum Gasteiger partial charge on any atom is 0.215 e. The van der Waals surface area contributed by atoms with Crippen molar-refractivity contribution >= 4 is 10.0 Å². The minimum absolute atomic E-state index is 0.0515. The zero-order chi connectivity index (χ0) is 11.3. The van der Waals surface area contributed by atoms with Crippen molar-refractivity contribution < 1.29 is 8.42 Å². The molecule has 15 heavy (non-hydrogen) atoms. The van der Waals surface area contributed by atoms with Crippen LogP contribution < -0.4 is 4.72 Å².